The molecule has 0 bridgehead atoms. The Morgan fingerprint density at radius 2 is 0.941 bits per heavy atom. The fraction of sp³-hybridized carbons (Fsp3) is 0.621. The van der Waals surface area contributed by atoms with Crippen molar-refractivity contribution in [1.29, 1.82) is 0 Å². The van der Waals surface area contributed by atoms with E-state index < -0.39 is 20.0 Å². The van der Waals surface area contributed by atoms with Crippen molar-refractivity contribution in [3.63, 3.8) is 0 Å². The van der Waals surface area contributed by atoms with Gasteiger partial charge < -0.3 is 19.4 Å². The summed E-state index contributed by atoms with van der Waals surface area (Å²) in [7, 11) is 1.43. The molecule has 3 unspecified atom stereocenters. The molecule has 0 aliphatic carbocycles. The average Bonchev–Trinajstić information content (AvgIpc) is 3.29. The highest BCUT2D eigenvalue weighted by atomic mass is 31.2. The largest absolute Gasteiger partial charge is 0.472 e. The van der Waals surface area contributed by atoms with Crippen LogP contribution < -0.4 is 5.32 Å². The first kappa shape index (κ1) is 64.4. The Labute approximate surface area is 416 Å². The highest BCUT2D eigenvalue weighted by Gasteiger charge is 2.30. The predicted molar refractivity (Wildman–Crippen MR) is 290 cm³/mol. The van der Waals surface area contributed by atoms with E-state index in [0.717, 1.165) is 83.5 Å². The highest BCUT2D eigenvalue weighted by molar-refractivity contribution is 7.47. The van der Waals surface area contributed by atoms with Crippen molar-refractivity contribution in [2.45, 2.75) is 193 Å². The molecule has 10 heteroatoms. The zero-order chi connectivity index (χ0) is 50.1. The zero-order valence-corrected chi connectivity index (χ0v) is 44.7. The lowest BCUT2D eigenvalue weighted by atomic mass is 10.0. The van der Waals surface area contributed by atoms with Gasteiger partial charge in [-0.3, -0.25) is 18.6 Å². The van der Waals surface area contributed by atoms with Crippen LogP contribution in [0.2, 0.25) is 0 Å². The molecule has 0 saturated heterocycles. The normalized spacial score (nSPS) is 14.9. The van der Waals surface area contributed by atoms with Crippen molar-refractivity contribution >= 4 is 19.7 Å². The van der Waals surface area contributed by atoms with E-state index >= 15 is 0 Å². The molecule has 68 heavy (non-hydrogen) atoms. The number of amides is 1. The maximum absolute atomic E-state index is 13.4. The minimum absolute atomic E-state index is 0.0209. The molecule has 9 nitrogen and oxygen atoms in total. The topological polar surface area (TPSA) is 111 Å². The van der Waals surface area contributed by atoms with E-state index in [4.69, 9.17) is 13.8 Å². The summed E-state index contributed by atoms with van der Waals surface area (Å²) in [6.45, 7) is 6.64. The number of hydrogen-bond donors (Lipinski definition) is 2. The molecule has 0 aromatic carbocycles. The molecule has 2 N–H and O–H groups in total. The standard InChI is InChI=1S/C58H97N2O7P/c1-7-10-13-16-19-22-25-28-29-30-31-33-36-39-42-45-48-51-58(62)67-56(49-46-43-40-37-34-27-24-21-18-15-12-9-3)55(54-66-68(63,64)65-53-52-60(4,5)6)59-57(61)50-47-44-41-38-35-32-26-23-20-17-14-11-8-2/h10-11,13-14,16-17,19-20,22-23,25-26,28-31,33,36,46,49,55-56H,7-9,12,15,18,21,24,27,32,34-35,37-45,47-48,50-54H2,1-6H3,(H-,59,61,63,64)/p+1/b13-10-,14-11+,19-16+,20-17+,25-22+,26-23-,29-28-,31-30+,36-33+,49-46+. The van der Waals surface area contributed by atoms with Gasteiger partial charge in [-0.25, -0.2) is 4.57 Å². The second-order valence-corrected chi connectivity index (χ2v) is 20.0. The third-order valence-electron chi connectivity index (χ3n) is 10.9. The minimum atomic E-state index is -4.46. The smallest absolute Gasteiger partial charge is 0.456 e. The second kappa shape index (κ2) is 47.1. The maximum atomic E-state index is 13.4. The minimum Gasteiger partial charge on any atom is -0.456 e. The van der Waals surface area contributed by atoms with Crippen molar-refractivity contribution in [2.75, 3.05) is 40.9 Å². The Hall–Kier alpha value is -3.59. The number of phosphoric acid groups is 1. The number of unbranched alkanes of at least 4 members (excludes halogenated alkanes) is 18. The summed E-state index contributed by atoms with van der Waals surface area (Å²) in [5.41, 5.74) is 0. The van der Waals surface area contributed by atoms with Gasteiger partial charge in [0.25, 0.3) is 0 Å². The van der Waals surface area contributed by atoms with Crippen LogP contribution in [0.25, 0.3) is 0 Å². The average molecular weight is 966 g/mol. The van der Waals surface area contributed by atoms with E-state index in [1.54, 1.807) is 0 Å². The number of nitrogens with zero attached hydrogens (tertiary/aromatic N) is 1. The summed E-state index contributed by atoms with van der Waals surface area (Å²) in [5.74, 6) is -0.594. The van der Waals surface area contributed by atoms with Gasteiger partial charge in [0.2, 0.25) is 5.91 Å². The van der Waals surface area contributed by atoms with Gasteiger partial charge in [-0.15, -0.1) is 0 Å². The lowest BCUT2D eigenvalue weighted by Crippen LogP contribution is -2.47. The first-order valence-electron chi connectivity index (χ1n) is 26.5. The third-order valence-corrected chi connectivity index (χ3v) is 11.9. The van der Waals surface area contributed by atoms with Crippen LogP contribution >= 0.6 is 7.82 Å². The van der Waals surface area contributed by atoms with Crippen molar-refractivity contribution < 1.29 is 37.3 Å². The number of phosphoric ester groups is 1. The van der Waals surface area contributed by atoms with E-state index in [-0.39, 0.29) is 31.5 Å². The van der Waals surface area contributed by atoms with Crippen molar-refractivity contribution in [1.82, 2.24) is 5.32 Å². The molecule has 386 valence electrons. The molecule has 0 spiro atoms. The molecule has 0 saturated carbocycles. The van der Waals surface area contributed by atoms with Crippen LogP contribution in [0.4, 0.5) is 0 Å². The second-order valence-electron chi connectivity index (χ2n) is 18.5. The van der Waals surface area contributed by atoms with Gasteiger partial charge in [0.15, 0.2) is 0 Å². The number of hydrogen-bond acceptors (Lipinski definition) is 6. The first-order valence-corrected chi connectivity index (χ1v) is 28.0. The molecule has 0 radical (unpaired) electrons. The number of allylic oxidation sites excluding steroid dienone is 19. The number of esters is 1. The van der Waals surface area contributed by atoms with E-state index in [1.807, 2.05) is 100 Å². The van der Waals surface area contributed by atoms with Crippen molar-refractivity contribution in [3.05, 3.63) is 122 Å². The van der Waals surface area contributed by atoms with Crippen molar-refractivity contribution in [2.24, 2.45) is 0 Å². The Kier molecular flexibility index (Phi) is 44.6. The van der Waals surface area contributed by atoms with E-state index in [2.05, 4.69) is 68.6 Å². The van der Waals surface area contributed by atoms with Gasteiger partial charge in [-0.05, 0) is 70.3 Å². The number of carbonyl (C=O) groups is 2. The number of carbonyl (C=O) groups excluding carboxylic acids is 2. The van der Waals surface area contributed by atoms with Gasteiger partial charge in [0.05, 0.1) is 33.8 Å². The molecule has 0 aromatic rings. The summed E-state index contributed by atoms with van der Waals surface area (Å²) in [6, 6.07) is -0.884. The quantitative estimate of drug-likeness (QED) is 0.0156. The molecule has 0 aliphatic rings. The fourth-order valence-electron chi connectivity index (χ4n) is 6.79. The Morgan fingerprint density at radius 3 is 1.43 bits per heavy atom. The Morgan fingerprint density at radius 1 is 0.529 bits per heavy atom. The van der Waals surface area contributed by atoms with E-state index in [0.29, 0.717) is 30.3 Å². The van der Waals surface area contributed by atoms with Crippen LogP contribution in [0.5, 0.6) is 0 Å². The van der Waals surface area contributed by atoms with Crippen LogP contribution in [-0.2, 0) is 27.9 Å². The fourth-order valence-corrected chi connectivity index (χ4v) is 7.53. The lowest BCUT2D eigenvalue weighted by Gasteiger charge is -2.27. The molecule has 0 aromatic heterocycles. The summed E-state index contributed by atoms with van der Waals surface area (Å²) < 4.78 is 30.5. The van der Waals surface area contributed by atoms with Gasteiger partial charge >= 0.3 is 13.8 Å². The van der Waals surface area contributed by atoms with Gasteiger partial charge in [0.1, 0.15) is 19.3 Å². The van der Waals surface area contributed by atoms with Gasteiger partial charge in [-0.1, -0.05) is 220 Å². The predicted octanol–water partition coefficient (Wildman–Crippen LogP) is 15.6. The number of nitrogens with one attached hydrogen (secondary N) is 1. The molecular formula is C58H98N2O7P+. The Balaban J connectivity index is 5.56. The zero-order valence-electron chi connectivity index (χ0n) is 43.8. The number of rotatable bonds is 45. The highest BCUT2D eigenvalue weighted by Crippen LogP contribution is 2.43. The van der Waals surface area contributed by atoms with Gasteiger partial charge in [0, 0.05) is 12.8 Å². The summed E-state index contributed by atoms with van der Waals surface area (Å²) in [4.78, 5) is 37.4. The molecule has 0 rings (SSSR count). The lowest BCUT2D eigenvalue weighted by molar-refractivity contribution is -0.870. The Bertz CT molecular complexity index is 1580. The van der Waals surface area contributed by atoms with E-state index in [9.17, 15) is 19.0 Å². The molecule has 0 fully saturated rings. The van der Waals surface area contributed by atoms with E-state index in [1.165, 1.54) is 51.4 Å². The van der Waals surface area contributed by atoms with Crippen LogP contribution in [0.3, 0.4) is 0 Å². The number of quaternary nitrogens is 1. The van der Waals surface area contributed by atoms with Gasteiger partial charge in [-0.2, -0.15) is 0 Å². The van der Waals surface area contributed by atoms with Crippen LogP contribution in [0.15, 0.2) is 122 Å². The summed E-state index contributed by atoms with van der Waals surface area (Å²) in [5, 5.41) is 3.01. The number of ether oxygens (including phenoxy) is 1. The molecule has 0 heterocycles. The van der Waals surface area contributed by atoms with Crippen LogP contribution in [0, 0.1) is 0 Å². The molecule has 1 amide bonds. The monoisotopic (exact) mass is 966 g/mol. The number of likely N-dealkylation sites (N-methyl/N-ethyl adjacent to an activating group) is 1. The SMILES string of the molecule is CC\C=C/C=C/C=C/C=C\C=C\C=C\CCCCCC(=O)OC(/C=C/CCCCCCCCCCCC)C(COP(=O)(O)OCC[N+](C)(C)C)NC(=O)CCCCCCC\C=C/C=C/C=C/CC. The van der Waals surface area contributed by atoms with Crippen LogP contribution in [0.1, 0.15) is 181 Å². The van der Waals surface area contributed by atoms with Crippen LogP contribution in [-0.4, -0.2) is 74.3 Å². The maximum Gasteiger partial charge on any atom is 0.472 e. The summed E-state index contributed by atoms with van der Waals surface area (Å²) >= 11 is 0. The third kappa shape index (κ3) is 47.5. The van der Waals surface area contributed by atoms with Crippen molar-refractivity contribution in [3.8, 4) is 0 Å². The summed E-state index contributed by atoms with van der Waals surface area (Å²) in [6.07, 6.45) is 64.8. The molecule has 0 aliphatic heterocycles. The first-order chi connectivity index (χ1) is 32.9. The molecule has 3 atom stereocenters. The molecular weight excluding hydrogens is 868 g/mol.